The smallest absolute Gasteiger partial charge is 0.338 e. The van der Waals surface area contributed by atoms with Crippen molar-refractivity contribution in [1.29, 1.82) is 0 Å². The fourth-order valence-electron chi connectivity index (χ4n) is 2.60. The maximum Gasteiger partial charge on any atom is 0.435 e. The van der Waals surface area contributed by atoms with E-state index in [1.54, 1.807) is 0 Å². The van der Waals surface area contributed by atoms with E-state index in [9.17, 15) is 22.4 Å². The maximum atomic E-state index is 12.8. The molecule has 1 aromatic carbocycles. The molecule has 0 saturated heterocycles. The molecule has 1 aliphatic carbocycles. The maximum absolute atomic E-state index is 12.8. The first-order chi connectivity index (χ1) is 12.3. The van der Waals surface area contributed by atoms with Crippen molar-refractivity contribution in [2.75, 3.05) is 11.9 Å². The molecule has 0 bridgehead atoms. The Hall–Kier alpha value is -2.58. The molecule has 0 unspecified atom stereocenters. The minimum atomic E-state index is -4.46. The first-order valence-corrected chi connectivity index (χ1v) is 8.28. The Bertz CT molecular complexity index is 766. The van der Waals surface area contributed by atoms with Gasteiger partial charge in [-0.15, -0.1) is 0 Å². The van der Waals surface area contributed by atoms with Crippen LogP contribution in [0.4, 0.5) is 28.0 Å². The van der Waals surface area contributed by atoms with Gasteiger partial charge in [0.15, 0.2) is 5.69 Å². The van der Waals surface area contributed by atoms with Gasteiger partial charge in [0.2, 0.25) is 0 Å². The zero-order chi connectivity index (χ0) is 18.7. The van der Waals surface area contributed by atoms with Crippen LogP contribution in [0.3, 0.4) is 0 Å². The number of aryl methyl sites for hydroxylation is 1. The van der Waals surface area contributed by atoms with Gasteiger partial charge in [-0.05, 0) is 49.6 Å². The van der Waals surface area contributed by atoms with Crippen LogP contribution in [0.25, 0.3) is 0 Å². The second-order valence-corrected chi connectivity index (χ2v) is 6.19. The molecule has 140 valence electrons. The summed E-state index contributed by atoms with van der Waals surface area (Å²) in [4.78, 5) is 11.7. The molecule has 0 aliphatic heterocycles. The summed E-state index contributed by atoms with van der Waals surface area (Å²) >= 11 is 0. The number of urea groups is 1. The Morgan fingerprint density at radius 3 is 2.54 bits per heavy atom. The van der Waals surface area contributed by atoms with Crippen molar-refractivity contribution >= 4 is 11.7 Å². The van der Waals surface area contributed by atoms with Crippen molar-refractivity contribution in [1.82, 2.24) is 15.1 Å². The number of alkyl halides is 3. The summed E-state index contributed by atoms with van der Waals surface area (Å²) < 4.78 is 52.7. The third-order valence-electron chi connectivity index (χ3n) is 4.03. The second kappa shape index (κ2) is 7.35. The number of nitrogens with zero attached hydrogens (tertiary/aromatic N) is 2. The van der Waals surface area contributed by atoms with Crippen LogP contribution in [-0.2, 0) is 12.7 Å². The summed E-state index contributed by atoms with van der Waals surface area (Å²) in [6.07, 6.45) is -2.26. The van der Waals surface area contributed by atoms with E-state index in [1.807, 2.05) is 0 Å². The molecule has 2 amide bonds. The van der Waals surface area contributed by atoms with E-state index >= 15 is 0 Å². The van der Waals surface area contributed by atoms with Gasteiger partial charge in [-0.1, -0.05) is 0 Å². The molecule has 1 fully saturated rings. The highest BCUT2D eigenvalue weighted by Gasteiger charge is 2.37. The number of amides is 2. The van der Waals surface area contributed by atoms with Gasteiger partial charge in [-0.2, -0.15) is 18.3 Å². The lowest BCUT2D eigenvalue weighted by Gasteiger charge is -2.09. The average Bonchev–Trinajstić information content (AvgIpc) is 3.32. The van der Waals surface area contributed by atoms with Crippen LogP contribution in [0.15, 0.2) is 30.3 Å². The van der Waals surface area contributed by atoms with Gasteiger partial charge >= 0.3 is 12.2 Å². The molecule has 1 aromatic heterocycles. The zero-order valence-corrected chi connectivity index (χ0v) is 13.8. The standard InChI is InChI=1S/C17H18F4N4O/c18-12-4-6-13(7-5-12)23-16(26)22-8-1-9-25-14(11-2-3-11)10-15(24-25)17(19,20)21/h4-7,10-11H,1-3,8-9H2,(H2,22,23,26). The predicted molar refractivity (Wildman–Crippen MR) is 87.2 cm³/mol. The molecule has 1 saturated carbocycles. The number of hydrogen-bond donors (Lipinski definition) is 2. The van der Waals surface area contributed by atoms with E-state index in [-0.39, 0.29) is 12.5 Å². The van der Waals surface area contributed by atoms with Gasteiger partial charge in [0.1, 0.15) is 5.82 Å². The van der Waals surface area contributed by atoms with Crippen molar-refractivity contribution in [3.8, 4) is 0 Å². The molecule has 9 heteroatoms. The molecule has 0 spiro atoms. The SMILES string of the molecule is O=C(NCCCn1nc(C(F)(F)F)cc1C1CC1)Nc1ccc(F)cc1. The van der Waals surface area contributed by atoms with Crippen LogP contribution in [0.2, 0.25) is 0 Å². The first kappa shape index (κ1) is 18.2. The lowest BCUT2D eigenvalue weighted by Crippen LogP contribution is -2.30. The number of anilines is 1. The third kappa shape index (κ3) is 4.74. The number of rotatable bonds is 6. The van der Waals surface area contributed by atoms with Gasteiger partial charge < -0.3 is 10.6 Å². The summed E-state index contributed by atoms with van der Waals surface area (Å²) in [5, 5.41) is 8.82. The van der Waals surface area contributed by atoms with E-state index < -0.39 is 23.7 Å². The lowest BCUT2D eigenvalue weighted by atomic mass is 10.2. The van der Waals surface area contributed by atoms with Crippen molar-refractivity contribution in [2.45, 2.75) is 37.9 Å². The van der Waals surface area contributed by atoms with E-state index in [2.05, 4.69) is 15.7 Å². The number of carbonyl (C=O) groups excluding carboxylic acids is 1. The minimum Gasteiger partial charge on any atom is -0.338 e. The summed E-state index contributed by atoms with van der Waals surface area (Å²) in [6, 6.07) is 5.97. The normalized spacial score (nSPS) is 14.3. The predicted octanol–water partition coefficient (Wildman–Crippen LogP) is 4.13. The van der Waals surface area contributed by atoms with Gasteiger partial charge in [-0.3, -0.25) is 4.68 Å². The Morgan fingerprint density at radius 2 is 1.92 bits per heavy atom. The fourth-order valence-corrected chi connectivity index (χ4v) is 2.60. The van der Waals surface area contributed by atoms with E-state index in [1.165, 1.54) is 28.9 Å². The number of hydrogen-bond acceptors (Lipinski definition) is 2. The van der Waals surface area contributed by atoms with Gasteiger partial charge in [0.25, 0.3) is 0 Å². The number of halogens is 4. The number of nitrogens with one attached hydrogen (secondary N) is 2. The molecule has 26 heavy (non-hydrogen) atoms. The van der Waals surface area contributed by atoms with Crippen LogP contribution in [0, 0.1) is 5.82 Å². The quantitative estimate of drug-likeness (QED) is 0.593. The molecular weight excluding hydrogens is 352 g/mol. The van der Waals surface area contributed by atoms with Crippen molar-refractivity contribution < 1.29 is 22.4 Å². The fraction of sp³-hybridized carbons (Fsp3) is 0.412. The molecule has 3 rings (SSSR count). The third-order valence-corrected chi connectivity index (χ3v) is 4.03. The van der Waals surface area contributed by atoms with Crippen LogP contribution in [0.5, 0.6) is 0 Å². The average molecular weight is 370 g/mol. The molecule has 5 nitrogen and oxygen atoms in total. The largest absolute Gasteiger partial charge is 0.435 e. The van der Waals surface area contributed by atoms with Crippen LogP contribution < -0.4 is 10.6 Å². The Balaban J connectivity index is 1.48. The highest BCUT2D eigenvalue weighted by atomic mass is 19.4. The molecule has 1 heterocycles. The molecule has 1 aliphatic rings. The highest BCUT2D eigenvalue weighted by molar-refractivity contribution is 5.89. The number of benzene rings is 1. The topological polar surface area (TPSA) is 59.0 Å². The summed E-state index contributed by atoms with van der Waals surface area (Å²) in [5.74, 6) is -0.256. The van der Waals surface area contributed by atoms with Crippen molar-refractivity contribution in [3.05, 3.63) is 47.5 Å². The molecule has 2 N–H and O–H groups in total. The first-order valence-electron chi connectivity index (χ1n) is 8.28. The van der Waals surface area contributed by atoms with E-state index in [0.29, 0.717) is 24.3 Å². The van der Waals surface area contributed by atoms with Crippen LogP contribution in [-0.4, -0.2) is 22.4 Å². The van der Waals surface area contributed by atoms with Crippen LogP contribution >= 0.6 is 0 Å². The minimum absolute atomic E-state index is 0.147. The van der Waals surface area contributed by atoms with Crippen molar-refractivity contribution in [3.63, 3.8) is 0 Å². The Kier molecular flexibility index (Phi) is 5.15. The molecule has 2 aromatic rings. The van der Waals surface area contributed by atoms with E-state index in [4.69, 9.17) is 0 Å². The molecule has 0 atom stereocenters. The van der Waals surface area contributed by atoms with Crippen LogP contribution in [0.1, 0.15) is 36.6 Å². The van der Waals surface area contributed by atoms with Crippen molar-refractivity contribution in [2.24, 2.45) is 0 Å². The highest BCUT2D eigenvalue weighted by Crippen LogP contribution is 2.42. The van der Waals surface area contributed by atoms with Gasteiger partial charge in [-0.25, -0.2) is 9.18 Å². The Labute approximate surface area is 147 Å². The number of aromatic nitrogens is 2. The number of carbonyl (C=O) groups is 1. The summed E-state index contributed by atoms with van der Waals surface area (Å²) in [6.45, 7) is 0.567. The second-order valence-electron chi connectivity index (χ2n) is 6.19. The summed E-state index contributed by atoms with van der Waals surface area (Å²) in [7, 11) is 0. The van der Waals surface area contributed by atoms with Gasteiger partial charge in [0, 0.05) is 30.4 Å². The summed E-state index contributed by atoms with van der Waals surface area (Å²) in [5.41, 5.74) is 0.177. The monoisotopic (exact) mass is 370 g/mol. The zero-order valence-electron chi connectivity index (χ0n) is 13.8. The molecular formula is C17H18F4N4O. The lowest BCUT2D eigenvalue weighted by molar-refractivity contribution is -0.141. The van der Waals surface area contributed by atoms with E-state index in [0.717, 1.165) is 18.9 Å². The Morgan fingerprint density at radius 1 is 1.23 bits per heavy atom. The molecule has 0 radical (unpaired) electrons. The van der Waals surface area contributed by atoms with Gasteiger partial charge in [0.05, 0.1) is 0 Å².